The van der Waals surface area contributed by atoms with E-state index in [1.807, 2.05) is 0 Å². The third-order valence-electron chi connectivity index (χ3n) is 6.36. The summed E-state index contributed by atoms with van der Waals surface area (Å²) in [6, 6.07) is 0. The first-order valence-corrected chi connectivity index (χ1v) is 7.84. The molecule has 0 radical (unpaired) electrons. The van der Waals surface area contributed by atoms with Gasteiger partial charge in [-0.3, -0.25) is 9.13 Å². The molecular weight excluding hydrogens is 219 g/mol. The van der Waals surface area contributed by atoms with Crippen molar-refractivity contribution in [1.29, 1.82) is 0 Å². The van der Waals surface area contributed by atoms with Crippen LogP contribution in [0.15, 0.2) is 0 Å². The highest BCUT2D eigenvalue weighted by atomic mass is 15.1. The fourth-order valence-electron chi connectivity index (χ4n) is 5.19. The van der Waals surface area contributed by atoms with E-state index in [0.717, 1.165) is 11.6 Å². The molecule has 0 unspecified atom stereocenters. The number of fused-ring (bicyclic) bond motifs is 2. The van der Waals surface area contributed by atoms with Crippen LogP contribution in [0.3, 0.4) is 0 Å². The van der Waals surface area contributed by atoms with Crippen molar-refractivity contribution in [3.8, 4) is 0 Å². The lowest BCUT2D eigenvalue weighted by Crippen LogP contribution is -2.61. The van der Waals surface area contributed by atoms with Gasteiger partial charge in [-0.15, -0.1) is 0 Å². The summed E-state index contributed by atoms with van der Waals surface area (Å²) >= 11 is 0. The van der Waals surface area contributed by atoms with Crippen LogP contribution in [0.1, 0.15) is 49.9 Å². The molecule has 0 saturated carbocycles. The average molecular weight is 246 g/mol. The minimum absolute atomic E-state index is 0.129. The molecule has 0 spiro atoms. The second-order valence-corrected chi connectivity index (χ2v) is 6.94. The minimum atomic E-state index is -0.129. The molecule has 1 aromatic heterocycles. The summed E-state index contributed by atoms with van der Waals surface area (Å²) in [5.41, 5.74) is 4.60. The third kappa shape index (κ3) is 1.66. The lowest BCUT2D eigenvalue weighted by molar-refractivity contribution is -0.659. The van der Waals surface area contributed by atoms with Crippen LogP contribution in [0.4, 0.5) is 0 Å². The zero-order valence-electron chi connectivity index (χ0n) is 12.5. The minimum Gasteiger partial charge on any atom is -0.271 e. The normalized spacial score (nSPS) is 31.7. The maximum atomic E-state index is 2.51. The molecule has 0 amide bonds. The first-order chi connectivity index (χ1) is 8.61. The maximum absolute atomic E-state index is 2.51. The van der Waals surface area contributed by atoms with Gasteiger partial charge in [0.1, 0.15) is 18.1 Å². The monoisotopic (exact) mass is 246 g/mol. The molecule has 100 valence electrons. The Morgan fingerprint density at radius 3 is 1.94 bits per heavy atom. The molecule has 2 fully saturated rings. The van der Waals surface area contributed by atoms with Gasteiger partial charge in [0.2, 0.25) is 0 Å². The molecule has 2 bridgehead atoms. The van der Waals surface area contributed by atoms with Crippen LogP contribution in [-0.2, 0) is 14.1 Å². The molecule has 3 rings (SSSR count). The Balaban J connectivity index is 2.06. The zero-order chi connectivity index (χ0) is 12.9. The Labute approximate surface area is 111 Å². The predicted octanol–water partition coefficient (Wildman–Crippen LogP) is 2.01. The van der Waals surface area contributed by atoms with Crippen molar-refractivity contribution in [2.75, 3.05) is 0 Å². The van der Waals surface area contributed by atoms with Crippen molar-refractivity contribution in [2.45, 2.75) is 64.0 Å². The van der Waals surface area contributed by atoms with Gasteiger partial charge in [0.15, 0.2) is 0 Å². The highest BCUT2D eigenvalue weighted by molar-refractivity contribution is 6.74. The number of hydrogen-bond acceptors (Lipinski definition) is 0. The smallest absolute Gasteiger partial charge is 0.139 e. The number of rotatable bonds is 1. The van der Waals surface area contributed by atoms with Gasteiger partial charge >= 0.3 is 0 Å². The summed E-state index contributed by atoms with van der Waals surface area (Å²) in [5, 5.41) is 0. The van der Waals surface area contributed by atoms with Gasteiger partial charge in [-0.05, 0) is 0 Å². The van der Waals surface area contributed by atoms with E-state index in [0.29, 0.717) is 0 Å². The van der Waals surface area contributed by atoms with E-state index >= 15 is 0 Å². The van der Waals surface area contributed by atoms with Crippen LogP contribution in [0, 0.1) is 13.8 Å². The van der Waals surface area contributed by atoms with Crippen LogP contribution in [0.2, 0.25) is 11.6 Å². The van der Waals surface area contributed by atoms with Crippen LogP contribution in [0.5, 0.6) is 0 Å². The zero-order valence-corrected chi connectivity index (χ0v) is 12.5. The molecule has 3 heterocycles. The predicted molar refractivity (Wildman–Crippen MR) is 78.0 cm³/mol. The van der Waals surface area contributed by atoms with E-state index < -0.39 is 0 Å². The Bertz CT molecular complexity index is 416. The number of hydrogen-bond donors (Lipinski definition) is 0. The molecule has 0 N–H and O–H groups in total. The second kappa shape index (κ2) is 4.43. The van der Waals surface area contributed by atoms with Crippen molar-refractivity contribution >= 4 is 12.4 Å². The maximum Gasteiger partial charge on any atom is 0.139 e. The number of nitrogens with zero attached hydrogens (tertiary/aromatic N) is 2. The fourth-order valence-corrected chi connectivity index (χ4v) is 5.19. The van der Waals surface area contributed by atoms with E-state index in [4.69, 9.17) is 0 Å². The largest absolute Gasteiger partial charge is 0.271 e. The third-order valence-corrected chi connectivity index (χ3v) is 6.36. The van der Waals surface area contributed by atoms with Crippen LogP contribution >= 0.6 is 0 Å². The molecule has 2 aliphatic rings. The SMILES string of the molecule is Cc1c(C)[n+](C)c([BH-]2C3CCCC2CCC3)n1C. The molecule has 0 aromatic carbocycles. The average Bonchev–Trinajstić information content (AvgIpc) is 2.53. The van der Waals surface area contributed by atoms with E-state index in [2.05, 4.69) is 37.1 Å². The molecule has 0 aliphatic carbocycles. The number of aromatic nitrogens is 2. The van der Waals surface area contributed by atoms with Gasteiger partial charge in [-0.2, -0.15) is 11.6 Å². The Morgan fingerprint density at radius 2 is 1.56 bits per heavy atom. The van der Waals surface area contributed by atoms with Gasteiger partial charge in [-0.25, -0.2) is 0 Å². The van der Waals surface area contributed by atoms with Crippen LogP contribution in [0.25, 0.3) is 0 Å². The lowest BCUT2D eigenvalue weighted by Gasteiger charge is -2.46. The first kappa shape index (κ1) is 12.3. The molecule has 2 saturated heterocycles. The van der Waals surface area contributed by atoms with Crippen molar-refractivity contribution in [3.05, 3.63) is 11.4 Å². The summed E-state index contributed by atoms with van der Waals surface area (Å²) in [7, 11) is 4.57. The van der Waals surface area contributed by atoms with Crippen LogP contribution < -0.4 is 10.3 Å². The molecule has 18 heavy (non-hydrogen) atoms. The summed E-state index contributed by atoms with van der Waals surface area (Å²) < 4.78 is 5.01. The van der Waals surface area contributed by atoms with Crippen molar-refractivity contribution in [2.24, 2.45) is 14.1 Å². The molecule has 2 nitrogen and oxygen atoms in total. The van der Waals surface area contributed by atoms with Crippen molar-refractivity contribution in [3.63, 3.8) is 0 Å². The fraction of sp³-hybridized carbons (Fsp3) is 0.800. The highest BCUT2D eigenvalue weighted by Gasteiger charge is 2.38. The van der Waals surface area contributed by atoms with E-state index in [9.17, 15) is 0 Å². The molecule has 3 heteroatoms. The molecular formula is C15H27BN2. The van der Waals surface area contributed by atoms with E-state index in [1.165, 1.54) is 49.9 Å². The second-order valence-electron chi connectivity index (χ2n) is 6.94. The van der Waals surface area contributed by atoms with E-state index in [-0.39, 0.29) is 6.71 Å². The number of imidazole rings is 1. The van der Waals surface area contributed by atoms with Gasteiger partial charge in [0.25, 0.3) is 0 Å². The topological polar surface area (TPSA) is 8.81 Å². The quantitative estimate of drug-likeness (QED) is 0.529. The van der Waals surface area contributed by atoms with E-state index in [1.54, 1.807) is 5.72 Å². The van der Waals surface area contributed by atoms with Gasteiger partial charge in [-0.1, -0.05) is 38.5 Å². The molecule has 0 atom stereocenters. The molecule has 1 aromatic rings. The standard InChI is InChI=1S/C15H27BN2/c1-11-12(2)18(4)15(17(11)3)16-13-7-5-8-14(16)10-6-9-13/h13-14,16H,5-10H2,1-4H3. The summed E-state index contributed by atoms with van der Waals surface area (Å²) in [6.07, 6.45) is 8.98. The summed E-state index contributed by atoms with van der Waals surface area (Å²) in [5.74, 6) is 2.08. The summed E-state index contributed by atoms with van der Waals surface area (Å²) in [4.78, 5) is 0. The Kier molecular flexibility index (Phi) is 3.03. The summed E-state index contributed by atoms with van der Waals surface area (Å²) in [6.45, 7) is 4.42. The Hall–Kier alpha value is -0.725. The molecule has 2 aliphatic heterocycles. The van der Waals surface area contributed by atoms with Crippen molar-refractivity contribution in [1.82, 2.24) is 4.57 Å². The van der Waals surface area contributed by atoms with Gasteiger partial charge in [0, 0.05) is 13.8 Å². The van der Waals surface area contributed by atoms with Gasteiger partial charge in [0.05, 0.1) is 19.8 Å². The van der Waals surface area contributed by atoms with Gasteiger partial charge < -0.3 is 0 Å². The Morgan fingerprint density at radius 1 is 1.06 bits per heavy atom. The van der Waals surface area contributed by atoms with Crippen molar-refractivity contribution < 1.29 is 4.57 Å². The van der Waals surface area contributed by atoms with Crippen LogP contribution in [-0.4, -0.2) is 11.3 Å². The first-order valence-electron chi connectivity index (χ1n) is 7.84. The highest BCUT2D eigenvalue weighted by Crippen LogP contribution is 2.45. The lowest BCUT2D eigenvalue weighted by atomic mass is 9.26.